The summed E-state index contributed by atoms with van der Waals surface area (Å²) >= 11 is 0. The van der Waals surface area contributed by atoms with E-state index in [1.807, 2.05) is 12.4 Å². The zero-order valence-corrected chi connectivity index (χ0v) is 12.4. The topological polar surface area (TPSA) is 39.1 Å². The van der Waals surface area contributed by atoms with Gasteiger partial charge in [0.05, 0.1) is 12.6 Å². The van der Waals surface area contributed by atoms with Crippen molar-refractivity contribution in [2.75, 3.05) is 19.0 Å². The summed E-state index contributed by atoms with van der Waals surface area (Å²) in [5.41, 5.74) is 0. The minimum Gasteiger partial charge on any atom is -0.383 e. The molecule has 3 unspecified atom stereocenters. The maximum Gasteiger partial charge on any atom is 0.203 e. The van der Waals surface area contributed by atoms with E-state index >= 15 is 0 Å². The highest BCUT2D eigenvalue weighted by Crippen LogP contribution is 2.29. The number of hydrogen-bond donors (Lipinski definition) is 1. The van der Waals surface area contributed by atoms with Crippen LogP contribution >= 0.6 is 0 Å². The second kappa shape index (κ2) is 6.94. The van der Waals surface area contributed by atoms with Crippen molar-refractivity contribution in [2.24, 2.45) is 5.92 Å². The summed E-state index contributed by atoms with van der Waals surface area (Å²) in [6.07, 6.45) is 10.5. The molecule has 0 bridgehead atoms. The summed E-state index contributed by atoms with van der Waals surface area (Å²) in [5.74, 6) is 1.78. The van der Waals surface area contributed by atoms with Crippen molar-refractivity contribution < 1.29 is 4.74 Å². The number of aromatic nitrogens is 2. The number of rotatable bonds is 6. The molecule has 3 atom stereocenters. The molecule has 108 valence electrons. The fraction of sp³-hybridized carbons (Fsp3) is 0.800. The Kier molecular flexibility index (Phi) is 5.25. The summed E-state index contributed by atoms with van der Waals surface area (Å²) in [6.45, 7) is 5.17. The molecule has 0 amide bonds. The molecule has 4 nitrogen and oxygen atoms in total. The van der Waals surface area contributed by atoms with Crippen LogP contribution in [0.5, 0.6) is 0 Å². The standard InChI is InChI=1S/C15H27N3O/c1-4-13-7-5-6-8-14(13)17-15-16-9-10-18(15)12(2)11-19-3/h9-10,12-14H,4-8,11H2,1-3H3,(H,16,17). The molecule has 2 rings (SSSR count). The molecule has 1 aliphatic carbocycles. The molecule has 1 saturated carbocycles. The van der Waals surface area contributed by atoms with Gasteiger partial charge in [-0.2, -0.15) is 0 Å². The van der Waals surface area contributed by atoms with Crippen molar-refractivity contribution in [3.63, 3.8) is 0 Å². The first-order valence-corrected chi connectivity index (χ1v) is 7.54. The van der Waals surface area contributed by atoms with Crippen molar-refractivity contribution in [3.8, 4) is 0 Å². The quantitative estimate of drug-likeness (QED) is 0.856. The van der Waals surface area contributed by atoms with Crippen LogP contribution in [0.25, 0.3) is 0 Å². The van der Waals surface area contributed by atoms with E-state index in [2.05, 4.69) is 28.7 Å². The average molecular weight is 265 g/mol. The van der Waals surface area contributed by atoms with Gasteiger partial charge in [-0.1, -0.05) is 26.2 Å². The van der Waals surface area contributed by atoms with Crippen molar-refractivity contribution in [3.05, 3.63) is 12.4 Å². The third kappa shape index (κ3) is 3.50. The van der Waals surface area contributed by atoms with Crippen LogP contribution in [0.3, 0.4) is 0 Å². The van der Waals surface area contributed by atoms with Crippen molar-refractivity contribution in [1.82, 2.24) is 9.55 Å². The number of ether oxygens (including phenoxy) is 1. The van der Waals surface area contributed by atoms with Crippen LogP contribution in [0.15, 0.2) is 12.4 Å². The Morgan fingerprint density at radius 3 is 3.00 bits per heavy atom. The van der Waals surface area contributed by atoms with Crippen LogP contribution in [0, 0.1) is 5.92 Å². The molecule has 1 fully saturated rings. The van der Waals surface area contributed by atoms with Gasteiger partial charge in [-0.25, -0.2) is 4.98 Å². The van der Waals surface area contributed by atoms with E-state index in [-0.39, 0.29) is 0 Å². The highest BCUT2D eigenvalue weighted by atomic mass is 16.5. The first-order chi connectivity index (χ1) is 9.26. The highest BCUT2D eigenvalue weighted by Gasteiger charge is 2.25. The number of anilines is 1. The van der Waals surface area contributed by atoms with Gasteiger partial charge in [-0.15, -0.1) is 0 Å². The number of hydrogen-bond acceptors (Lipinski definition) is 3. The maximum absolute atomic E-state index is 5.24. The molecule has 1 heterocycles. The Morgan fingerprint density at radius 1 is 1.47 bits per heavy atom. The second-order valence-corrected chi connectivity index (χ2v) is 5.67. The van der Waals surface area contributed by atoms with Gasteiger partial charge in [0.2, 0.25) is 5.95 Å². The van der Waals surface area contributed by atoms with Crippen LogP contribution in [0.2, 0.25) is 0 Å². The number of imidazole rings is 1. The third-order valence-corrected chi connectivity index (χ3v) is 4.30. The Hall–Kier alpha value is -1.03. The number of nitrogens with zero attached hydrogens (tertiary/aromatic N) is 2. The van der Waals surface area contributed by atoms with E-state index in [9.17, 15) is 0 Å². The van der Waals surface area contributed by atoms with Crippen molar-refractivity contribution in [1.29, 1.82) is 0 Å². The fourth-order valence-corrected chi connectivity index (χ4v) is 3.15. The van der Waals surface area contributed by atoms with Gasteiger partial charge in [0, 0.05) is 25.5 Å². The first kappa shape index (κ1) is 14.4. The lowest BCUT2D eigenvalue weighted by atomic mass is 9.83. The van der Waals surface area contributed by atoms with Gasteiger partial charge < -0.3 is 14.6 Å². The largest absolute Gasteiger partial charge is 0.383 e. The van der Waals surface area contributed by atoms with Gasteiger partial charge in [0.25, 0.3) is 0 Å². The van der Waals surface area contributed by atoms with E-state index in [4.69, 9.17) is 4.74 Å². The lowest BCUT2D eigenvalue weighted by Crippen LogP contribution is -2.33. The van der Waals surface area contributed by atoms with Gasteiger partial charge in [0.15, 0.2) is 0 Å². The molecule has 0 aliphatic heterocycles. The molecule has 4 heteroatoms. The lowest BCUT2D eigenvalue weighted by Gasteiger charge is -2.32. The van der Waals surface area contributed by atoms with Gasteiger partial charge in [-0.3, -0.25) is 0 Å². The Morgan fingerprint density at radius 2 is 2.26 bits per heavy atom. The summed E-state index contributed by atoms with van der Waals surface area (Å²) in [4.78, 5) is 4.48. The summed E-state index contributed by atoms with van der Waals surface area (Å²) in [5, 5.41) is 3.67. The van der Waals surface area contributed by atoms with E-state index in [1.54, 1.807) is 7.11 Å². The average Bonchev–Trinajstić information content (AvgIpc) is 2.88. The predicted molar refractivity (Wildman–Crippen MR) is 78.5 cm³/mol. The van der Waals surface area contributed by atoms with Crippen LogP contribution in [0.4, 0.5) is 5.95 Å². The van der Waals surface area contributed by atoms with Crippen molar-refractivity contribution in [2.45, 2.75) is 58.0 Å². The molecule has 19 heavy (non-hydrogen) atoms. The zero-order valence-electron chi connectivity index (χ0n) is 12.4. The van der Waals surface area contributed by atoms with Crippen LogP contribution < -0.4 is 5.32 Å². The Balaban J connectivity index is 2.03. The van der Waals surface area contributed by atoms with Gasteiger partial charge >= 0.3 is 0 Å². The van der Waals surface area contributed by atoms with Gasteiger partial charge in [-0.05, 0) is 25.7 Å². The monoisotopic (exact) mass is 265 g/mol. The zero-order chi connectivity index (χ0) is 13.7. The molecule has 1 aliphatic rings. The molecular formula is C15H27N3O. The molecule has 1 aromatic rings. The van der Waals surface area contributed by atoms with Crippen LogP contribution in [0.1, 0.15) is 52.0 Å². The molecule has 0 saturated heterocycles. The maximum atomic E-state index is 5.24. The molecule has 0 radical (unpaired) electrons. The van der Waals surface area contributed by atoms with E-state index in [0.29, 0.717) is 18.7 Å². The summed E-state index contributed by atoms with van der Waals surface area (Å²) < 4.78 is 7.42. The second-order valence-electron chi connectivity index (χ2n) is 5.67. The van der Waals surface area contributed by atoms with E-state index in [0.717, 1.165) is 11.9 Å². The molecule has 0 spiro atoms. The Bertz CT molecular complexity index is 377. The first-order valence-electron chi connectivity index (χ1n) is 7.54. The fourth-order valence-electron chi connectivity index (χ4n) is 3.15. The minimum absolute atomic E-state index is 0.318. The SMILES string of the molecule is CCC1CCCCC1Nc1nccn1C(C)COC. The third-order valence-electron chi connectivity index (χ3n) is 4.30. The normalized spacial score (nSPS) is 25.2. The van der Waals surface area contributed by atoms with Crippen LogP contribution in [-0.2, 0) is 4.74 Å². The number of nitrogens with one attached hydrogen (secondary N) is 1. The van der Waals surface area contributed by atoms with Gasteiger partial charge in [0.1, 0.15) is 0 Å². The predicted octanol–water partition coefficient (Wildman–Crippen LogP) is 3.47. The van der Waals surface area contributed by atoms with E-state index in [1.165, 1.54) is 32.1 Å². The molecular weight excluding hydrogens is 238 g/mol. The smallest absolute Gasteiger partial charge is 0.203 e. The molecule has 1 aromatic heterocycles. The highest BCUT2D eigenvalue weighted by molar-refractivity contribution is 5.29. The van der Waals surface area contributed by atoms with Crippen molar-refractivity contribution >= 4 is 5.95 Å². The van der Waals surface area contributed by atoms with Crippen LogP contribution in [-0.4, -0.2) is 29.3 Å². The lowest BCUT2D eigenvalue weighted by molar-refractivity contribution is 0.162. The Labute approximate surface area is 116 Å². The molecule has 0 aromatic carbocycles. The number of methoxy groups -OCH3 is 1. The summed E-state index contributed by atoms with van der Waals surface area (Å²) in [7, 11) is 1.74. The van der Waals surface area contributed by atoms with E-state index < -0.39 is 0 Å². The molecule has 1 N–H and O–H groups in total. The minimum atomic E-state index is 0.318. The summed E-state index contributed by atoms with van der Waals surface area (Å²) in [6, 6.07) is 0.897.